The molecule has 0 aliphatic rings. The third kappa shape index (κ3) is 7.42. The van der Waals surface area contributed by atoms with Crippen molar-refractivity contribution in [1.29, 1.82) is 0 Å². The molecule has 1 rings (SSSR count). The zero-order chi connectivity index (χ0) is 14.1. The predicted molar refractivity (Wildman–Crippen MR) is 77.5 cm³/mol. The summed E-state index contributed by atoms with van der Waals surface area (Å²) in [7, 11) is 0. The first-order chi connectivity index (χ1) is 9.11. The molecule has 1 aromatic carbocycles. The van der Waals surface area contributed by atoms with Gasteiger partial charge in [-0.3, -0.25) is 4.79 Å². The number of hydrogen-bond acceptors (Lipinski definition) is 4. The zero-order valence-electron chi connectivity index (χ0n) is 10.5. The average Bonchev–Trinajstić information content (AvgIpc) is 2.42. The molecule has 0 aliphatic carbocycles. The molecule has 0 heterocycles. The zero-order valence-corrected chi connectivity index (χ0v) is 12.1. The molecule has 3 N–H and O–H groups in total. The Morgan fingerprint density at radius 2 is 2.05 bits per heavy atom. The van der Waals surface area contributed by atoms with Crippen molar-refractivity contribution < 1.29 is 15.0 Å². The minimum Gasteiger partial charge on any atom is -0.394 e. The van der Waals surface area contributed by atoms with Crippen molar-refractivity contribution in [2.75, 3.05) is 18.9 Å². The van der Waals surface area contributed by atoms with Gasteiger partial charge in [0.1, 0.15) is 0 Å². The van der Waals surface area contributed by atoms with Crippen LogP contribution < -0.4 is 5.32 Å². The van der Waals surface area contributed by atoms with Gasteiger partial charge in [-0.05, 0) is 36.4 Å². The maximum atomic E-state index is 11.4. The summed E-state index contributed by atoms with van der Waals surface area (Å²) >= 11 is 7.46. The highest BCUT2D eigenvalue weighted by molar-refractivity contribution is 7.99. The second-order valence-electron chi connectivity index (χ2n) is 4.05. The van der Waals surface area contributed by atoms with Crippen LogP contribution in [0.2, 0.25) is 5.02 Å². The van der Waals surface area contributed by atoms with E-state index in [0.29, 0.717) is 11.4 Å². The van der Waals surface area contributed by atoms with Crippen molar-refractivity contribution in [2.24, 2.45) is 0 Å². The van der Waals surface area contributed by atoms with Crippen LogP contribution in [-0.2, 0) is 4.79 Å². The molecule has 1 aromatic rings. The first-order valence-corrected chi connectivity index (χ1v) is 7.42. The fourth-order valence-electron chi connectivity index (χ4n) is 1.34. The minimum absolute atomic E-state index is 0.0969. The molecular formula is C13H18ClNO3S. The van der Waals surface area contributed by atoms with Crippen molar-refractivity contribution in [1.82, 2.24) is 5.32 Å². The van der Waals surface area contributed by atoms with Gasteiger partial charge < -0.3 is 15.5 Å². The smallest absolute Gasteiger partial charge is 0.220 e. The van der Waals surface area contributed by atoms with Crippen molar-refractivity contribution >= 4 is 29.3 Å². The summed E-state index contributed by atoms with van der Waals surface area (Å²) in [5.41, 5.74) is 0. The second kappa shape index (κ2) is 9.20. The molecule has 4 nitrogen and oxygen atoms in total. The quantitative estimate of drug-likeness (QED) is 0.505. The van der Waals surface area contributed by atoms with Gasteiger partial charge in [0.2, 0.25) is 5.91 Å². The van der Waals surface area contributed by atoms with Crippen LogP contribution in [0.25, 0.3) is 0 Å². The summed E-state index contributed by atoms with van der Waals surface area (Å²) in [6, 6.07) is 7.58. The van der Waals surface area contributed by atoms with Gasteiger partial charge in [-0.15, -0.1) is 11.8 Å². The van der Waals surface area contributed by atoms with Crippen LogP contribution >= 0.6 is 23.4 Å². The SMILES string of the molecule is O=C(CCCSc1ccc(Cl)cc1)NCC(O)CO. The highest BCUT2D eigenvalue weighted by Crippen LogP contribution is 2.21. The van der Waals surface area contributed by atoms with Gasteiger partial charge in [-0.1, -0.05) is 11.6 Å². The number of rotatable bonds is 8. The van der Waals surface area contributed by atoms with Gasteiger partial charge in [0, 0.05) is 22.9 Å². The summed E-state index contributed by atoms with van der Waals surface area (Å²) < 4.78 is 0. The molecule has 0 saturated carbocycles. The Hall–Kier alpha value is -0.750. The Kier molecular flexibility index (Phi) is 7.90. The number of halogens is 1. The fraction of sp³-hybridized carbons (Fsp3) is 0.462. The third-order valence-corrected chi connectivity index (χ3v) is 3.73. The Morgan fingerprint density at radius 1 is 1.37 bits per heavy atom. The van der Waals surface area contributed by atoms with Crippen LogP contribution in [0, 0.1) is 0 Å². The van der Waals surface area contributed by atoms with E-state index in [1.165, 1.54) is 0 Å². The molecule has 106 valence electrons. The lowest BCUT2D eigenvalue weighted by Crippen LogP contribution is -2.33. The van der Waals surface area contributed by atoms with E-state index >= 15 is 0 Å². The van der Waals surface area contributed by atoms with E-state index in [1.807, 2.05) is 24.3 Å². The Morgan fingerprint density at radius 3 is 2.68 bits per heavy atom. The molecule has 6 heteroatoms. The average molecular weight is 304 g/mol. The van der Waals surface area contributed by atoms with Crippen molar-refractivity contribution in [3.63, 3.8) is 0 Å². The lowest BCUT2D eigenvalue weighted by atomic mass is 10.3. The molecule has 0 bridgehead atoms. The number of carbonyl (C=O) groups excluding carboxylic acids is 1. The molecule has 1 unspecified atom stereocenters. The normalized spacial score (nSPS) is 12.2. The fourth-order valence-corrected chi connectivity index (χ4v) is 2.32. The molecule has 0 spiro atoms. The van der Waals surface area contributed by atoms with E-state index in [9.17, 15) is 4.79 Å². The summed E-state index contributed by atoms with van der Waals surface area (Å²) in [6.45, 7) is -0.244. The van der Waals surface area contributed by atoms with Crippen LogP contribution in [0.4, 0.5) is 0 Å². The highest BCUT2D eigenvalue weighted by Gasteiger charge is 2.05. The molecule has 19 heavy (non-hydrogen) atoms. The first-order valence-electron chi connectivity index (χ1n) is 6.06. The number of hydrogen-bond donors (Lipinski definition) is 3. The number of carbonyl (C=O) groups is 1. The Balaban J connectivity index is 2.10. The number of aliphatic hydroxyl groups is 2. The summed E-state index contributed by atoms with van der Waals surface area (Å²) in [4.78, 5) is 12.5. The maximum Gasteiger partial charge on any atom is 0.220 e. The molecule has 0 fully saturated rings. The van der Waals surface area contributed by atoms with Gasteiger partial charge in [0.25, 0.3) is 0 Å². The van der Waals surface area contributed by atoms with Crippen LogP contribution in [-0.4, -0.2) is 41.1 Å². The molecule has 1 amide bonds. The van der Waals surface area contributed by atoms with E-state index in [-0.39, 0.29) is 19.1 Å². The number of amides is 1. The second-order valence-corrected chi connectivity index (χ2v) is 5.65. The standard InChI is InChI=1S/C13H18ClNO3S/c14-10-3-5-12(6-4-10)19-7-1-2-13(18)15-8-11(17)9-16/h3-6,11,16-17H,1-2,7-9H2,(H,15,18). The van der Waals surface area contributed by atoms with Gasteiger partial charge >= 0.3 is 0 Å². The van der Waals surface area contributed by atoms with Crippen LogP contribution in [0.5, 0.6) is 0 Å². The number of thioether (sulfide) groups is 1. The summed E-state index contributed by atoms with van der Waals surface area (Å²) in [6.07, 6.45) is 0.292. The first kappa shape index (κ1) is 16.3. The summed E-state index contributed by atoms with van der Waals surface area (Å²) in [5.74, 6) is 0.738. The molecule has 0 aromatic heterocycles. The van der Waals surface area contributed by atoms with Crippen LogP contribution in [0.3, 0.4) is 0 Å². The molecule has 0 radical (unpaired) electrons. The van der Waals surface area contributed by atoms with Gasteiger partial charge in [-0.2, -0.15) is 0 Å². The van der Waals surface area contributed by atoms with Gasteiger partial charge in [0.15, 0.2) is 0 Å². The third-order valence-electron chi connectivity index (χ3n) is 2.38. The van der Waals surface area contributed by atoms with Crippen molar-refractivity contribution in [3.05, 3.63) is 29.3 Å². The number of nitrogens with one attached hydrogen (secondary N) is 1. The van der Waals surface area contributed by atoms with Gasteiger partial charge in [0.05, 0.1) is 12.7 Å². The van der Waals surface area contributed by atoms with E-state index in [4.69, 9.17) is 21.8 Å². The maximum absolute atomic E-state index is 11.4. The Labute approximate surface area is 122 Å². The summed E-state index contributed by atoms with van der Waals surface area (Å²) in [5, 5.41) is 20.9. The molecule has 1 atom stereocenters. The lowest BCUT2D eigenvalue weighted by Gasteiger charge is -2.08. The van der Waals surface area contributed by atoms with E-state index in [1.54, 1.807) is 11.8 Å². The van der Waals surface area contributed by atoms with Crippen LogP contribution in [0.15, 0.2) is 29.2 Å². The largest absolute Gasteiger partial charge is 0.394 e. The molecular weight excluding hydrogens is 286 g/mol. The van der Waals surface area contributed by atoms with E-state index < -0.39 is 6.10 Å². The lowest BCUT2D eigenvalue weighted by molar-refractivity contribution is -0.121. The number of benzene rings is 1. The van der Waals surface area contributed by atoms with E-state index in [2.05, 4.69) is 5.32 Å². The van der Waals surface area contributed by atoms with Gasteiger partial charge in [-0.25, -0.2) is 0 Å². The van der Waals surface area contributed by atoms with Crippen molar-refractivity contribution in [3.8, 4) is 0 Å². The molecule has 0 saturated heterocycles. The minimum atomic E-state index is -0.882. The highest BCUT2D eigenvalue weighted by atomic mass is 35.5. The van der Waals surface area contributed by atoms with E-state index in [0.717, 1.165) is 17.1 Å². The molecule has 0 aliphatic heterocycles. The monoisotopic (exact) mass is 303 g/mol. The Bertz CT molecular complexity index is 386. The van der Waals surface area contributed by atoms with Crippen LogP contribution in [0.1, 0.15) is 12.8 Å². The predicted octanol–water partition coefficient (Wildman–Crippen LogP) is 1.68. The van der Waals surface area contributed by atoms with Crippen molar-refractivity contribution in [2.45, 2.75) is 23.8 Å². The number of aliphatic hydroxyl groups excluding tert-OH is 2. The topological polar surface area (TPSA) is 69.6 Å².